The number of rotatable bonds is 5. The summed E-state index contributed by atoms with van der Waals surface area (Å²) in [6, 6.07) is 0. The van der Waals surface area contributed by atoms with Crippen LogP contribution in [0.25, 0.3) is 0 Å². The van der Waals surface area contributed by atoms with E-state index in [4.69, 9.17) is 0 Å². The molecule has 5 nitrogen and oxygen atoms in total. The Morgan fingerprint density at radius 1 is 1.22 bits per heavy atom. The summed E-state index contributed by atoms with van der Waals surface area (Å²) in [7, 11) is 2.99. The van der Waals surface area contributed by atoms with Crippen LogP contribution in [-0.4, -0.2) is 61.8 Å². The number of hydrogen-bond acceptors (Lipinski definition) is 3. The van der Waals surface area contributed by atoms with Crippen LogP contribution in [-0.2, 0) is 9.53 Å². The zero-order chi connectivity index (χ0) is 14.3. The first-order chi connectivity index (χ1) is 8.17. The zero-order valence-electron chi connectivity index (χ0n) is 10.6. The molecule has 0 atom stereocenters. The first kappa shape index (κ1) is 16.5. The molecular formula is C10H17F3N2O3. The largest absolute Gasteiger partial charge is 0.440 e. The molecule has 0 aromatic heterocycles. The van der Waals surface area contributed by atoms with Crippen molar-refractivity contribution in [2.24, 2.45) is 0 Å². The fourth-order valence-electron chi connectivity index (χ4n) is 1.04. The average Bonchev–Trinajstić information content (AvgIpc) is 2.23. The second-order valence-corrected chi connectivity index (χ2v) is 3.88. The van der Waals surface area contributed by atoms with E-state index in [2.05, 4.69) is 4.74 Å². The Morgan fingerprint density at radius 2 is 1.78 bits per heavy atom. The minimum absolute atomic E-state index is 0.163. The van der Waals surface area contributed by atoms with Crippen molar-refractivity contribution in [3.8, 4) is 0 Å². The van der Waals surface area contributed by atoms with Gasteiger partial charge in [0.2, 0.25) is 5.91 Å². The maximum atomic E-state index is 11.9. The molecule has 18 heavy (non-hydrogen) atoms. The van der Waals surface area contributed by atoms with Crippen molar-refractivity contribution >= 4 is 12.0 Å². The van der Waals surface area contributed by atoms with Gasteiger partial charge in [-0.05, 0) is 6.42 Å². The third-order valence-corrected chi connectivity index (χ3v) is 1.94. The molecule has 0 radical (unpaired) electrons. The lowest BCUT2D eigenvalue weighted by Gasteiger charge is -2.22. The zero-order valence-corrected chi connectivity index (χ0v) is 10.6. The number of amides is 2. The quantitative estimate of drug-likeness (QED) is 0.760. The highest BCUT2D eigenvalue weighted by Gasteiger charge is 2.31. The van der Waals surface area contributed by atoms with Crippen LogP contribution in [0.4, 0.5) is 18.0 Å². The molecule has 106 valence electrons. The Bertz CT molecular complexity index is 293. The van der Waals surface area contributed by atoms with Crippen LogP contribution in [0.2, 0.25) is 0 Å². The predicted molar refractivity (Wildman–Crippen MR) is 58.0 cm³/mol. The number of carbonyl (C=O) groups excluding carboxylic acids is 2. The van der Waals surface area contributed by atoms with E-state index in [1.807, 2.05) is 0 Å². The van der Waals surface area contributed by atoms with Gasteiger partial charge in [-0.2, -0.15) is 13.2 Å². The van der Waals surface area contributed by atoms with Crippen LogP contribution in [0.15, 0.2) is 0 Å². The van der Waals surface area contributed by atoms with E-state index in [9.17, 15) is 22.8 Å². The topological polar surface area (TPSA) is 49.9 Å². The van der Waals surface area contributed by atoms with Crippen LogP contribution in [0.5, 0.6) is 0 Å². The van der Waals surface area contributed by atoms with E-state index in [-0.39, 0.29) is 19.0 Å². The van der Waals surface area contributed by atoms with Crippen molar-refractivity contribution in [2.45, 2.75) is 19.5 Å². The Kier molecular flexibility index (Phi) is 6.50. The summed E-state index contributed by atoms with van der Waals surface area (Å²) < 4.78 is 39.7. The number of ether oxygens (including phenoxy) is 1. The normalized spacial score (nSPS) is 11.0. The maximum Gasteiger partial charge on any atom is 0.422 e. The van der Waals surface area contributed by atoms with Crippen LogP contribution >= 0.6 is 0 Å². The molecule has 0 aromatic rings. The van der Waals surface area contributed by atoms with Crippen molar-refractivity contribution in [1.82, 2.24) is 9.80 Å². The molecule has 0 bridgehead atoms. The molecule has 0 saturated carbocycles. The van der Waals surface area contributed by atoms with Crippen molar-refractivity contribution in [1.29, 1.82) is 0 Å². The van der Waals surface area contributed by atoms with Crippen LogP contribution in [0.3, 0.4) is 0 Å². The van der Waals surface area contributed by atoms with Gasteiger partial charge in [0.15, 0.2) is 6.61 Å². The highest BCUT2D eigenvalue weighted by atomic mass is 19.4. The summed E-state index contributed by atoms with van der Waals surface area (Å²) in [5.41, 5.74) is 0. The Morgan fingerprint density at radius 3 is 2.17 bits per heavy atom. The lowest BCUT2D eigenvalue weighted by molar-refractivity contribution is -0.162. The lowest BCUT2D eigenvalue weighted by Crippen LogP contribution is -2.41. The van der Waals surface area contributed by atoms with E-state index in [1.165, 1.54) is 19.0 Å². The summed E-state index contributed by atoms with van der Waals surface area (Å²) in [5.74, 6) is -0.382. The van der Waals surface area contributed by atoms with Gasteiger partial charge in [0, 0.05) is 20.6 Å². The molecule has 0 aliphatic carbocycles. The number of carbonyl (C=O) groups is 2. The molecule has 0 aliphatic heterocycles. The van der Waals surface area contributed by atoms with Crippen LogP contribution in [0.1, 0.15) is 13.3 Å². The lowest BCUT2D eigenvalue weighted by atomic mass is 10.4. The number of nitrogens with zero attached hydrogens (tertiary/aromatic N) is 2. The molecule has 0 rings (SSSR count). The van der Waals surface area contributed by atoms with Crippen molar-refractivity contribution in [3.05, 3.63) is 0 Å². The van der Waals surface area contributed by atoms with Gasteiger partial charge in [0.05, 0.1) is 0 Å². The molecule has 0 spiro atoms. The molecule has 0 fully saturated rings. The average molecular weight is 270 g/mol. The number of alkyl halides is 3. The standard InChI is InChI=1S/C10H17F3N2O3/c1-4-5-15(6-8(16)14(2)3)9(17)18-7-10(11,12)13/h4-7H2,1-3H3. The van der Waals surface area contributed by atoms with Gasteiger partial charge in [-0.15, -0.1) is 0 Å². The van der Waals surface area contributed by atoms with Crippen LogP contribution < -0.4 is 0 Å². The predicted octanol–water partition coefficient (Wildman–Crippen LogP) is 1.49. The van der Waals surface area contributed by atoms with E-state index in [0.717, 1.165) is 4.90 Å². The van der Waals surface area contributed by atoms with Gasteiger partial charge in [-0.1, -0.05) is 6.92 Å². The fraction of sp³-hybridized carbons (Fsp3) is 0.800. The van der Waals surface area contributed by atoms with Crippen molar-refractivity contribution in [2.75, 3.05) is 33.8 Å². The first-order valence-electron chi connectivity index (χ1n) is 5.36. The summed E-state index contributed by atoms with van der Waals surface area (Å²) in [4.78, 5) is 25.0. The molecule has 0 aliphatic rings. The minimum atomic E-state index is -4.57. The van der Waals surface area contributed by atoms with Gasteiger partial charge in [-0.25, -0.2) is 4.79 Å². The third kappa shape index (κ3) is 6.97. The monoisotopic (exact) mass is 270 g/mol. The smallest absolute Gasteiger partial charge is 0.422 e. The molecule has 0 heterocycles. The summed E-state index contributed by atoms with van der Waals surface area (Å²) in [6.07, 6.45) is -5.19. The fourth-order valence-corrected chi connectivity index (χ4v) is 1.04. The van der Waals surface area contributed by atoms with Gasteiger partial charge in [0.1, 0.15) is 6.54 Å². The van der Waals surface area contributed by atoms with Crippen molar-refractivity contribution in [3.63, 3.8) is 0 Å². The van der Waals surface area contributed by atoms with Gasteiger partial charge >= 0.3 is 12.3 Å². The van der Waals surface area contributed by atoms with E-state index in [0.29, 0.717) is 6.42 Å². The van der Waals surface area contributed by atoms with Gasteiger partial charge in [-0.3, -0.25) is 9.69 Å². The summed E-state index contributed by atoms with van der Waals surface area (Å²) in [5, 5.41) is 0. The second-order valence-electron chi connectivity index (χ2n) is 3.88. The van der Waals surface area contributed by atoms with Crippen LogP contribution in [0, 0.1) is 0 Å². The molecule has 0 saturated heterocycles. The molecule has 2 amide bonds. The highest BCUT2D eigenvalue weighted by molar-refractivity contribution is 5.81. The summed E-state index contributed by atoms with van der Waals surface area (Å²) >= 11 is 0. The van der Waals surface area contributed by atoms with E-state index < -0.39 is 18.9 Å². The Labute approximate surface area is 103 Å². The van der Waals surface area contributed by atoms with E-state index in [1.54, 1.807) is 6.92 Å². The second kappa shape index (κ2) is 7.07. The molecule has 0 unspecified atom stereocenters. The molecule has 0 aromatic carbocycles. The number of hydrogen-bond donors (Lipinski definition) is 0. The molecule has 0 N–H and O–H groups in total. The number of halogens is 3. The van der Waals surface area contributed by atoms with Gasteiger partial charge < -0.3 is 9.64 Å². The third-order valence-electron chi connectivity index (χ3n) is 1.94. The van der Waals surface area contributed by atoms with E-state index >= 15 is 0 Å². The first-order valence-corrected chi connectivity index (χ1v) is 5.36. The SMILES string of the molecule is CCCN(CC(=O)N(C)C)C(=O)OCC(F)(F)F. The molecular weight excluding hydrogens is 253 g/mol. The Balaban J connectivity index is 4.40. The van der Waals surface area contributed by atoms with Crippen molar-refractivity contribution < 1.29 is 27.5 Å². The maximum absolute atomic E-state index is 11.9. The Hall–Kier alpha value is -1.47. The molecule has 8 heteroatoms. The minimum Gasteiger partial charge on any atom is -0.440 e. The highest BCUT2D eigenvalue weighted by Crippen LogP contribution is 2.15. The summed E-state index contributed by atoms with van der Waals surface area (Å²) in [6.45, 7) is -0.0415. The van der Waals surface area contributed by atoms with Gasteiger partial charge in [0.25, 0.3) is 0 Å². The number of likely N-dealkylation sites (N-methyl/N-ethyl adjacent to an activating group) is 1.